The zero-order valence-electron chi connectivity index (χ0n) is 5.65. The van der Waals surface area contributed by atoms with E-state index in [2.05, 4.69) is 0 Å². The molecule has 0 aliphatic carbocycles. The summed E-state index contributed by atoms with van der Waals surface area (Å²) in [4.78, 5) is 11.5. The smallest absolute Gasteiger partial charge is 0.258 e. The molecule has 1 atom stereocenters. The van der Waals surface area contributed by atoms with E-state index in [0.717, 1.165) is 11.3 Å². The maximum absolute atomic E-state index is 10.5. The van der Waals surface area contributed by atoms with Crippen molar-refractivity contribution in [3.8, 4) is 0 Å². The number of aliphatic hydroxyl groups is 1. The van der Waals surface area contributed by atoms with Gasteiger partial charge in [-0.25, -0.2) is 0 Å². The van der Waals surface area contributed by atoms with Crippen molar-refractivity contribution in [3.05, 3.63) is 21.9 Å². The maximum atomic E-state index is 10.5. The van der Waals surface area contributed by atoms with Crippen LogP contribution in [0.25, 0.3) is 0 Å². The first-order valence-corrected chi connectivity index (χ1v) is 3.76. The molecular formula is C6H8N2O2S. The highest BCUT2D eigenvalue weighted by molar-refractivity contribution is 7.14. The van der Waals surface area contributed by atoms with Crippen molar-refractivity contribution in [1.29, 1.82) is 0 Å². The number of carbonyl (C=O) groups is 1. The fourth-order valence-electron chi connectivity index (χ4n) is 0.644. The lowest BCUT2D eigenvalue weighted by molar-refractivity contribution is 0.100. The molecular weight excluding hydrogens is 164 g/mol. The van der Waals surface area contributed by atoms with E-state index in [1.165, 1.54) is 0 Å². The third-order valence-electron chi connectivity index (χ3n) is 1.16. The van der Waals surface area contributed by atoms with Gasteiger partial charge in [-0.15, -0.1) is 11.3 Å². The molecule has 1 rings (SSSR count). The predicted octanol–water partition coefficient (Wildman–Crippen LogP) is -0.203. The summed E-state index contributed by atoms with van der Waals surface area (Å²) in [5.41, 5.74) is 10.1. The van der Waals surface area contributed by atoms with Crippen LogP contribution < -0.4 is 11.5 Å². The number of nitrogens with two attached hydrogens (primary N) is 2. The highest BCUT2D eigenvalue weighted by Crippen LogP contribution is 2.19. The Labute approximate surface area is 67.4 Å². The molecule has 0 saturated heterocycles. The molecule has 0 spiro atoms. The van der Waals surface area contributed by atoms with E-state index in [1.54, 1.807) is 12.1 Å². The van der Waals surface area contributed by atoms with Crippen LogP contribution in [-0.2, 0) is 0 Å². The summed E-state index contributed by atoms with van der Waals surface area (Å²) in [7, 11) is 0. The summed E-state index contributed by atoms with van der Waals surface area (Å²) < 4.78 is 0. The van der Waals surface area contributed by atoms with Crippen LogP contribution in [0.2, 0.25) is 0 Å². The summed E-state index contributed by atoms with van der Waals surface area (Å²) in [6.45, 7) is 0. The minimum absolute atomic E-state index is 0.407. The molecule has 1 amide bonds. The Morgan fingerprint density at radius 1 is 1.64 bits per heavy atom. The van der Waals surface area contributed by atoms with Crippen molar-refractivity contribution in [2.75, 3.05) is 0 Å². The summed E-state index contributed by atoms with van der Waals surface area (Å²) in [6, 6.07) is 3.12. The molecule has 1 heterocycles. The Kier molecular flexibility index (Phi) is 2.23. The second-order valence-electron chi connectivity index (χ2n) is 2.01. The van der Waals surface area contributed by atoms with E-state index < -0.39 is 12.1 Å². The number of amides is 1. The van der Waals surface area contributed by atoms with Crippen LogP contribution >= 0.6 is 11.3 Å². The number of aliphatic hydroxyl groups excluding tert-OH is 1. The predicted molar refractivity (Wildman–Crippen MR) is 42.0 cm³/mol. The van der Waals surface area contributed by atoms with Gasteiger partial charge in [0.1, 0.15) is 6.23 Å². The maximum Gasteiger partial charge on any atom is 0.258 e. The van der Waals surface area contributed by atoms with Crippen molar-refractivity contribution in [3.63, 3.8) is 0 Å². The average Bonchev–Trinajstić information content (AvgIpc) is 2.33. The van der Waals surface area contributed by atoms with E-state index in [0.29, 0.717) is 9.75 Å². The molecule has 0 saturated carbocycles. The molecule has 1 aromatic rings. The van der Waals surface area contributed by atoms with Gasteiger partial charge in [-0.05, 0) is 12.1 Å². The first-order chi connectivity index (χ1) is 5.11. The van der Waals surface area contributed by atoms with Gasteiger partial charge in [0.05, 0.1) is 4.88 Å². The SMILES string of the molecule is NC(=O)c1ccc(C(N)O)s1. The zero-order valence-corrected chi connectivity index (χ0v) is 6.47. The fraction of sp³-hybridized carbons (Fsp3) is 0.167. The highest BCUT2D eigenvalue weighted by atomic mass is 32.1. The summed E-state index contributed by atoms with van der Waals surface area (Å²) in [5.74, 6) is -0.498. The number of thiophene rings is 1. The van der Waals surface area contributed by atoms with Gasteiger partial charge < -0.3 is 16.6 Å². The molecule has 11 heavy (non-hydrogen) atoms. The van der Waals surface area contributed by atoms with Gasteiger partial charge >= 0.3 is 0 Å². The standard InChI is InChI=1S/C6H8N2O2S/c7-5(9)3-1-2-4(11-3)6(8)10/h1-2,5,9H,7H2,(H2,8,10). The van der Waals surface area contributed by atoms with E-state index in [-0.39, 0.29) is 0 Å². The average molecular weight is 172 g/mol. The number of primary amides is 1. The molecule has 60 valence electrons. The quantitative estimate of drug-likeness (QED) is 0.539. The molecule has 0 radical (unpaired) electrons. The lowest BCUT2D eigenvalue weighted by Gasteiger charge is -1.96. The van der Waals surface area contributed by atoms with Gasteiger partial charge in [0.25, 0.3) is 5.91 Å². The van der Waals surface area contributed by atoms with E-state index in [1.807, 2.05) is 0 Å². The molecule has 0 aliphatic rings. The van der Waals surface area contributed by atoms with E-state index in [4.69, 9.17) is 16.6 Å². The Balaban J connectivity index is 2.90. The van der Waals surface area contributed by atoms with Gasteiger partial charge in [-0.3, -0.25) is 4.79 Å². The highest BCUT2D eigenvalue weighted by Gasteiger charge is 2.07. The zero-order chi connectivity index (χ0) is 8.43. The van der Waals surface area contributed by atoms with Crippen LogP contribution in [0.3, 0.4) is 0 Å². The lowest BCUT2D eigenvalue weighted by Crippen LogP contribution is -2.08. The third-order valence-corrected chi connectivity index (χ3v) is 2.33. The van der Waals surface area contributed by atoms with Gasteiger partial charge in [-0.1, -0.05) is 0 Å². The second-order valence-corrected chi connectivity index (χ2v) is 3.13. The molecule has 0 aromatic carbocycles. The Bertz CT molecular complexity index is 269. The van der Waals surface area contributed by atoms with E-state index in [9.17, 15) is 4.79 Å². The molecule has 5 N–H and O–H groups in total. The summed E-state index contributed by atoms with van der Waals surface area (Å²) in [5, 5.41) is 8.85. The second kappa shape index (κ2) is 3.00. The van der Waals surface area contributed by atoms with Crippen LogP contribution in [0, 0.1) is 0 Å². The van der Waals surface area contributed by atoms with Crippen molar-refractivity contribution in [2.45, 2.75) is 6.23 Å². The number of hydrogen-bond acceptors (Lipinski definition) is 4. The first kappa shape index (κ1) is 8.19. The monoisotopic (exact) mass is 172 g/mol. The third kappa shape index (κ3) is 1.76. The minimum atomic E-state index is -1.02. The van der Waals surface area contributed by atoms with Crippen molar-refractivity contribution < 1.29 is 9.90 Å². The normalized spacial score (nSPS) is 12.9. The van der Waals surface area contributed by atoms with Crippen LogP contribution in [0.15, 0.2) is 12.1 Å². The fourth-order valence-corrected chi connectivity index (χ4v) is 1.39. The summed E-state index contributed by atoms with van der Waals surface area (Å²) >= 11 is 1.10. The first-order valence-electron chi connectivity index (χ1n) is 2.94. The Morgan fingerprint density at radius 3 is 2.55 bits per heavy atom. The topological polar surface area (TPSA) is 89.3 Å². The van der Waals surface area contributed by atoms with Crippen molar-refractivity contribution >= 4 is 17.2 Å². The lowest BCUT2D eigenvalue weighted by atomic mass is 10.4. The molecule has 4 nitrogen and oxygen atoms in total. The summed E-state index contributed by atoms with van der Waals surface area (Å²) in [6.07, 6.45) is -1.02. The van der Waals surface area contributed by atoms with Gasteiger partial charge in [0, 0.05) is 4.88 Å². The number of hydrogen-bond donors (Lipinski definition) is 3. The number of rotatable bonds is 2. The van der Waals surface area contributed by atoms with E-state index >= 15 is 0 Å². The Hall–Kier alpha value is -0.910. The molecule has 0 bridgehead atoms. The number of carbonyl (C=O) groups excluding carboxylic acids is 1. The van der Waals surface area contributed by atoms with Gasteiger partial charge in [0.2, 0.25) is 0 Å². The molecule has 0 aliphatic heterocycles. The molecule has 0 fully saturated rings. The van der Waals surface area contributed by atoms with Crippen LogP contribution in [0.4, 0.5) is 0 Å². The van der Waals surface area contributed by atoms with Crippen molar-refractivity contribution in [2.24, 2.45) is 11.5 Å². The molecule has 5 heteroatoms. The largest absolute Gasteiger partial charge is 0.374 e. The molecule has 1 unspecified atom stereocenters. The van der Waals surface area contributed by atoms with Crippen LogP contribution in [-0.4, -0.2) is 11.0 Å². The van der Waals surface area contributed by atoms with Gasteiger partial charge in [-0.2, -0.15) is 0 Å². The van der Waals surface area contributed by atoms with Crippen molar-refractivity contribution in [1.82, 2.24) is 0 Å². The molecule has 1 aromatic heterocycles. The Morgan fingerprint density at radius 2 is 2.27 bits per heavy atom. The minimum Gasteiger partial charge on any atom is -0.374 e. The van der Waals surface area contributed by atoms with Gasteiger partial charge in [0.15, 0.2) is 0 Å². The van der Waals surface area contributed by atoms with Crippen LogP contribution in [0.5, 0.6) is 0 Å². The van der Waals surface area contributed by atoms with Crippen LogP contribution in [0.1, 0.15) is 20.8 Å².